The van der Waals surface area contributed by atoms with Crippen molar-refractivity contribution in [1.82, 2.24) is 4.90 Å². The summed E-state index contributed by atoms with van der Waals surface area (Å²) in [5.74, 6) is 0. The lowest BCUT2D eigenvalue weighted by atomic mass is 10.1. The van der Waals surface area contributed by atoms with Crippen LogP contribution in [-0.2, 0) is 11.2 Å². The van der Waals surface area contributed by atoms with E-state index in [4.69, 9.17) is 4.74 Å². The molecule has 3 nitrogen and oxygen atoms in total. The number of ether oxygens (including phenoxy) is 1. The van der Waals surface area contributed by atoms with Crippen LogP contribution in [0.4, 0.5) is 5.69 Å². The SMILES string of the molecule is COCCc1ccccc1NC1CC(C)N(C2CC2)C1. The number of nitrogens with zero attached hydrogens (tertiary/aromatic N) is 1. The second-order valence-corrected chi connectivity index (χ2v) is 6.25. The third-order valence-electron chi connectivity index (χ3n) is 4.59. The van der Waals surface area contributed by atoms with Gasteiger partial charge < -0.3 is 10.1 Å². The molecule has 1 saturated carbocycles. The topological polar surface area (TPSA) is 24.5 Å². The fourth-order valence-electron chi connectivity index (χ4n) is 3.39. The smallest absolute Gasteiger partial charge is 0.0503 e. The van der Waals surface area contributed by atoms with E-state index in [9.17, 15) is 0 Å². The molecule has 110 valence electrons. The molecule has 3 heteroatoms. The number of rotatable bonds is 6. The van der Waals surface area contributed by atoms with E-state index < -0.39 is 0 Å². The quantitative estimate of drug-likeness (QED) is 0.863. The molecule has 1 heterocycles. The van der Waals surface area contributed by atoms with Crippen LogP contribution in [0, 0.1) is 0 Å². The third-order valence-corrected chi connectivity index (χ3v) is 4.59. The molecule has 2 fully saturated rings. The van der Waals surface area contributed by atoms with Gasteiger partial charge in [-0.1, -0.05) is 18.2 Å². The number of methoxy groups -OCH3 is 1. The molecule has 2 unspecified atom stereocenters. The highest BCUT2D eigenvalue weighted by Crippen LogP contribution is 2.34. The molecule has 3 rings (SSSR count). The summed E-state index contributed by atoms with van der Waals surface area (Å²) < 4.78 is 5.21. The van der Waals surface area contributed by atoms with Crippen LogP contribution in [0.15, 0.2) is 24.3 Å². The summed E-state index contributed by atoms with van der Waals surface area (Å²) in [5, 5.41) is 3.76. The predicted molar refractivity (Wildman–Crippen MR) is 83.2 cm³/mol. The van der Waals surface area contributed by atoms with Gasteiger partial charge in [-0.15, -0.1) is 0 Å². The second kappa shape index (κ2) is 6.15. The Bertz CT molecular complexity index is 444. The molecule has 2 atom stereocenters. The van der Waals surface area contributed by atoms with Gasteiger partial charge in [-0.3, -0.25) is 4.90 Å². The van der Waals surface area contributed by atoms with Gasteiger partial charge in [-0.25, -0.2) is 0 Å². The largest absolute Gasteiger partial charge is 0.384 e. The minimum Gasteiger partial charge on any atom is -0.384 e. The van der Waals surface area contributed by atoms with Gasteiger partial charge in [0.1, 0.15) is 0 Å². The molecule has 1 saturated heterocycles. The summed E-state index contributed by atoms with van der Waals surface area (Å²) in [4.78, 5) is 2.69. The Kier molecular flexibility index (Phi) is 4.27. The zero-order valence-electron chi connectivity index (χ0n) is 12.6. The molecule has 1 aromatic rings. The third kappa shape index (κ3) is 3.15. The lowest BCUT2D eigenvalue weighted by Gasteiger charge is -2.20. The van der Waals surface area contributed by atoms with Crippen molar-refractivity contribution in [3.63, 3.8) is 0 Å². The molecule has 1 aliphatic carbocycles. The number of likely N-dealkylation sites (tertiary alicyclic amines) is 1. The Morgan fingerprint density at radius 3 is 2.85 bits per heavy atom. The predicted octanol–water partition coefficient (Wildman–Crippen LogP) is 2.91. The average Bonchev–Trinajstić information content (AvgIpc) is 3.22. The monoisotopic (exact) mass is 274 g/mol. The first-order valence-electron chi connectivity index (χ1n) is 7.87. The standard InChI is InChI=1S/C17H26N2O/c1-13-11-15(12-19(13)16-7-8-16)18-17-6-4-3-5-14(17)9-10-20-2/h3-6,13,15-16,18H,7-12H2,1-2H3. The molecule has 0 bridgehead atoms. The summed E-state index contributed by atoms with van der Waals surface area (Å²) in [6.45, 7) is 4.36. The Hall–Kier alpha value is -1.06. The first-order chi connectivity index (χ1) is 9.78. The van der Waals surface area contributed by atoms with E-state index in [0.29, 0.717) is 6.04 Å². The van der Waals surface area contributed by atoms with Crippen molar-refractivity contribution in [2.75, 3.05) is 25.6 Å². The molecule has 20 heavy (non-hydrogen) atoms. The fraction of sp³-hybridized carbons (Fsp3) is 0.647. The number of anilines is 1. The minimum absolute atomic E-state index is 0.592. The molecule has 0 amide bonds. The first-order valence-corrected chi connectivity index (χ1v) is 7.87. The van der Waals surface area contributed by atoms with E-state index in [1.165, 1.54) is 37.1 Å². The highest BCUT2D eigenvalue weighted by molar-refractivity contribution is 5.52. The molecule has 0 spiro atoms. The number of hydrogen-bond donors (Lipinski definition) is 1. The summed E-state index contributed by atoms with van der Waals surface area (Å²) in [6.07, 6.45) is 5.05. The van der Waals surface area contributed by atoms with E-state index in [-0.39, 0.29) is 0 Å². The Balaban J connectivity index is 1.62. The maximum absolute atomic E-state index is 5.21. The zero-order valence-corrected chi connectivity index (χ0v) is 12.6. The van der Waals surface area contributed by atoms with E-state index in [1.54, 1.807) is 7.11 Å². The van der Waals surface area contributed by atoms with Crippen molar-refractivity contribution in [3.8, 4) is 0 Å². The van der Waals surface area contributed by atoms with E-state index >= 15 is 0 Å². The molecule has 1 N–H and O–H groups in total. The number of nitrogens with one attached hydrogen (secondary N) is 1. The van der Waals surface area contributed by atoms with Crippen LogP contribution in [0.5, 0.6) is 0 Å². The lowest BCUT2D eigenvalue weighted by molar-refractivity contribution is 0.202. The molecule has 1 aromatic carbocycles. The van der Waals surface area contributed by atoms with Crippen LogP contribution in [0.25, 0.3) is 0 Å². The lowest BCUT2D eigenvalue weighted by Crippen LogP contribution is -2.31. The van der Waals surface area contributed by atoms with Gasteiger partial charge in [-0.05, 0) is 44.2 Å². The molecule has 2 aliphatic rings. The van der Waals surface area contributed by atoms with E-state index in [1.807, 2.05) is 0 Å². The maximum Gasteiger partial charge on any atom is 0.0503 e. The number of para-hydroxylation sites is 1. The first kappa shape index (κ1) is 13.9. The van der Waals surface area contributed by atoms with Crippen molar-refractivity contribution >= 4 is 5.69 Å². The molecule has 0 radical (unpaired) electrons. The van der Waals surface area contributed by atoms with Crippen LogP contribution in [0.3, 0.4) is 0 Å². The summed E-state index contributed by atoms with van der Waals surface area (Å²) in [6, 6.07) is 10.8. The van der Waals surface area contributed by atoms with Gasteiger partial charge in [0.25, 0.3) is 0 Å². The highest BCUT2D eigenvalue weighted by Gasteiger charge is 2.38. The van der Waals surface area contributed by atoms with Gasteiger partial charge in [0.05, 0.1) is 6.61 Å². The molecular formula is C17H26N2O. The Morgan fingerprint density at radius 2 is 2.10 bits per heavy atom. The summed E-state index contributed by atoms with van der Waals surface area (Å²) in [7, 11) is 1.77. The zero-order chi connectivity index (χ0) is 13.9. The van der Waals surface area contributed by atoms with Crippen molar-refractivity contribution < 1.29 is 4.74 Å². The van der Waals surface area contributed by atoms with Crippen LogP contribution in [0.1, 0.15) is 31.7 Å². The number of benzene rings is 1. The van der Waals surface area contributed by atoms with Crippen molar-refractivity contribution in [3.05, 3.63) is 29.8 Å². The molecule has 1 aliphatic heterocycles. The Labute approximate surface area is 122 Å². The van der Waals surface area contributed by atoms with Crippen LogP contribution in [-0.4, -0.2) is 43.3 Å². The van der Waals surface area contributed by atoms with Gasteiger partial charge in [-0.2, -0.15) is 0 Å². The van der Waals surface area contributed by atoms with Crippen LogP contribution in [0.2, 0.25) is 0 Å². The van der Waals surface area contributed by atoms with Crippen LogP contribution < -0.4 is 5.32 Å². The molecular weight excluding hydrogens is 248 g/mol. The van der Waals surface area contributed by atoms with E-state index in [0.717, 1.165) is 25.1 Å². The number of hydrogen-bond acceptors (Lipinski definition) is 3. The van der Waals surface area contributed by atoms with Gasteiger partial charge >= 0.3 is 0 Å². The van der Waals surface area contributed by atoms with Gasteiger partial charge in [0, 0.05) is 37.5 Å². The maximum atomic E-state index is 5.21. The fourth-order valence-corrected chi connectivity index (χ4v) is 3.39. The van der Waals surface area contributed by atoms with Gasteiger partial charge in [0.2, 0.25) is 0 Å². The summed E-state index contributed by atoms with van der Waals surface area (Å²) in [5.41, 5.74) is 2.66. The second-order valence-electron chi connectivity index (χ2n) is 6.25. The molecule has 0 aromatic heterocycles. The van der Waals surface area contributed by atoms with Crippen LogP contribution >= 0.6 is 0 Å². The highest BCUT2D eigenvalue weighted by atomic mass is 16.5. The van der Waals surface area contributed by atoms with Gasteiger partial charge in [0.15, 0.2) is 0 Å². The minimum atomic E-state index is 0.592. The van der Waals surface area contributed by atoms with Crippen molar-refractivity contribution in [2.45, 2.75) is 50.7 Å². The van der Waals surface area contributed by atoms with Crippen molar-refractivity contribution in [1.29, 1.82) is 0 Å². The summed E-state index contributed by atoms with van der Waals surface area (Å²) >= 11 is 0. The van der Waals surface area contributed by atoms with Crippen molar-refractivity contribution in [2.24, 2.45) is 0 Å². The average molecular weight is 274 g/mol. The van der Waals surface area contributed by atoms with E-state index in [2.05, 4.69) is 41.4 Å². The normalized spacial score (nSPS) is 26.9. The Morgan fingerprint density at radius 1 is 1.30 bits per heavy atom.